The van der Waals surface area contributed by atoms with Gasteiger partial charge in [-0.1, -0.05) is 84.9 Å². The minimum Gasteiger partial charge on any atom is -0.744 e. The normalized spacial score (nSPS) is 11.2. The number of amides is 1. The van der Waals surface area contributed by atoms with Crippen molar-refractivity contribution in [2.75, 3.05) is 20.1 Å². The molecule has 0 aliphatic carbocycles. The van der Waals surface area contributed by atoms with E-state index in [1.54, 1.807) is 12.1 Å². The first-order valence-electron chi connectivity index (χ1n) is 11.5. The van der Waals surface area contributed by atoms with E-state index >= 15 is 0 Å². The standard InChI is InChI=1S/C21H26N2O.C7H8O3S/c1-3-21(24)22-15-10-16-23(2,17-19-11-6-4-7-12-19)18-20-13-8-5-9-14-20;1-6-2-4-7(5-3-6)11(8,9)10/h3-9,11-14H,1,10,15-18H2,2H3;2-5H,1H3,(H,8,9,10). The van der Waals surface area contributed by atoms with Crippen LogP contribution in [0.1, 0.15) is 23.1 Å². The van der Waals surface area contributed by atoms with Gasteiger partial charge in [-0.25, -0.2) is 8.42 Å². The Labute approximate surface area is 209 Å². The molecule has 0 saturated carbocycles. The van der Waals surface area contributed by atoms with Gasteiger partial charge in [0.25, 0.3) is 0 Å². The van der Waals surface area contributed by atoms with Crippen molar-refractivity contribution in [1.82, 2.24) is 5.32 Å². The fourth-order valence-corrected chi connectivity index (χ4v) is 4.18. The first kappa shape index (κ1) is 28.0. The molecular formula is C28H34N2O4S. The molecule has 0 spiro atoms. The Balaban J connectivity index is 0.000000328. The minimum absolute atomic E-state index is 0.102. The summed E-state index contributed by atoms with van der Waals surface area (Å²) in [6, 6.07) is 27.0. The first-order chi connectivity index (χ1) is 16.6. The summed E-state index contributed by atoms with van der Waals surface area (Å²) < 4.78 is 32.1. The number of nitrogens with zero attached hydrogens (tertiary/aromatic N) is 1. The smallest absolute Gasteiger partial charge is 0.243 e. The van der Waals surface area contributed by atoms with Gasteiger partial charge in [-0.05, 0) is 25.1 Å². The summed E-state index contributed by atoms with van der Waals surface area (Å²) in [7, 11) is -1.98. The molecule has 186 valence electrons. The molecule has 0 atom stereocenters. The van der Waals surface area contributed by atoms with Gasteiger partial charge in [0.1, 0.15) is 23.2 Å². The first-order valence-corrected chi connectivity index (χ1v) is 12.9. The fraction of sp³-hybridized carbons (Fsp3) is 0.250. The number of rotatable bonds is 10. The van der Waals surface area contributed by atoms with Gasteiger partial charge in [0, 0.05) is 24.1 Å². The highest BCUT2D eigenvalue weighted by molar-refractivity contribution is 7.85. The summed E-state index contributed by atoms with van der Waals surface area (Å²) in [4.78, 5) is 11.1. The minimum atomic E-state index is -4.27. The molecule has 1 N–H and O–H groups in total. The Bertz CT molecular complexity index is 1120. The summed E-state index contributed by atoms with van der Waals surface area (Å²) in [5, 5.41) is 2.87. The lowest BCUT2D eigenvalue weighted by Gasteiger charge is -2.35. The SMILES string of the molecule is C=CC(=O)NCCC[N+](C)(Cc1ccccc1)Cc1ccccc1.Cc1ccc(S(=O)(=O)[O-])cc1. The van der Waals surface area contributed by atoms with E-state index in [4.69, 9.17) is 0 Å². The van der Waals surface area contributed by atoms with Crippen molar-refractivity contribution in [3.8, 4) is 0 Å². The zero-order valence-electron chi connectivity index (χ0n) is 20.4. The van der Waals surface area contributed by atoms with E-state index in [0.717, 1.165) is 36.1 Å². The summed E-state index contributed by atoms with van der Waals surface area (Å²) >= 11 is 0. The van der Waals surface area contributed by atoms with E-state index in [1.807, 2.05) is 6.92 Å². The predicted octanol–water partition coefficient (Wildman–Crippen LogP) is 4.42. The molecule has 1 amide bonds. The predicted molar refractivity (Wildman–Crippen MR) is 138 cm³/mol. The Morgan fingerprint density at radius 3 is 1.83 bits per heavy atom. The van der Waals surface area contributed by atoms with Crippen LogP contribution >= 0.6 is 0 Å². The van der Waals surface area contributed by atoms with Gasteiger partial charge in [-0.2, -0.15) is 0 Å². The summed E-state index contributed by atoms with van der Waals surface area (Å²) in [6.45, 7) is 8.94. The van der Waals surface area contributed by atoms with Gasteiger partial charge in [-0.3, -0.25) is 4.79 Å². The maximum atomic E-state index is 11.3. The molecule has 0 aliphatic rings. The number of carbonyl (C=O) groups excluding carboxylic acids is 1. The second-order valence-electron chi connectivity index (χ2n) is 8.75. The number of aryl methyl sites for hydroxylation is 1. The molecule has 0 saturated heterocycles. The second kappa shape index (κ2) is 13.6. The number of carbonyl (C=O) groups is 1. The summed E-state index contributed by atoms with van der Waals surface area (Å²) in [6.07, 6.45) is 2.26. The van der Waals surface area contributed by atoms with Crippen molar-refractivity contribution in [3.05, 3.63) is 114 Å². The van der Waals surface area contributed by atoms with Gasteiger partial charge in [0.05, 0.1) is 18.5 Å². The van der Waals surface area contributed by atoms with E-state index in [2.05, 4.69) is 79.6 Å². The van der Waals surface area contributed by atoms with Gasteiger partial charge in [-0.15, -0.1) is 0 Å². The van der Waals surface area contributed by atoms with E-state index in [9.17, 15) is 17.8 Å². The quantitative estimate of drug-likeness (QED) is 0.196. The third kappa shape index (κ3) is 10.7. The number of benzene rings is 3. The lowest BCUT2D eigenvalue weighted by atomic mass is 10.1. The van der Waals surface area contributed by atoms with Crippen LogP contribution in [0.15, 0.2) is 102 Å². The van der Waals surface area contributed by atoms with Crippen molar-refractivity contribution in [2.24, 2.45) is 0 Å². The van der Waals surface area contributed by atoms with Gasteiger partial charge < -0.3 is 14.4 Å². The zero-order valence-corrected chi connectivity index (χ0v) is 21.2. The Morgan fingerprint density at radius 1 is 0.914 bits per heavy atom. The van der Waals surface area contributed by atoms with Gasteiger partial charge in [0.15, 0.2) is 0 Å². The summed E-state index contributed by atoms with van der Waals surface area (Å²) in [5.74, 6) is -0.102. The van der Waals surface area contributed by atoms with Crippen molar-refractivity contribution in [1.29, 1.82) is 0 Å². The zero-order chi connectivity index (χ0) is 25.7. The number of hydrogen-bond acceptors (Lipinski definition) is 4. The highest BCUT2D eigenvalue weighted by atomic mass is 32.2. The van der Waals surface area contributed by atoms with E-state index in [1.165, 1.54) is 29.3 Å². The average Bonchev–Trinajstić information content (AvgIpc) is 2.83. The van der Waals surface area contributed by atoms with Crippen LogP contribution in [0.3, 0.4) is 0 Å². The van der Waals surface area contributed by atoms with Crippen molar-refractivity contribution in [3.63, 3.8) is 0 Å². The van der Waals surface area contributed by atoms with Crippen molar-refractivity contribution < 1.29 is 22.2 Å². The maximum absolute atomic E-state index is 11.3. The van der Waals surface area contributed by atoms with Crippen LogP contribution in [0.25, 0.3) is 0 Å². The van der Waals surface area contributed by atoms with Crippen molar-refractivity contribution in [2.45, 2.75) is 31.3 Å². The monoisotopic (exact) mass is 494 g/mol. The van der Waals surface area contributed by atoms with Crippen LogP contribution in [-0.4, -0.2) is 43.5 Å². The molecule has 0 unspecified atom stereocenters. The van der Waals surface area contributed by atoms with Crippen LogP contribution in [0.2, 0.25) is 0 Å². The van der Waals surface area contributed by atoms with Crippen LogP contribution in [0, 0.1) is 6.92 Å². The number of quaternary nitrogens is 1. The molecule has 35 heavy (non-hydrogen) atoms. The molecule has 0 aromatic heterocycles. The highest BCUT2D eigenvalue weighted by Crippen LogP contribution is 2.18. The largest absolute Gasteiger partial charge is 0.744 e. The molecule has 6 nitrogen and oxygen atoms in total. The van der Waals surface area contributed by atoms with Crippen LogP contribution in [-0.2, 0) is 28.0 Å². The van der Waals surface area contributed by atoms with Crippen molar-refractivity contribution >= 4 is 16.0 Å². The molecule has 7 heteroatoms. The Kier molecular flexibility index (Phi) is 10.9. The van der Waals surface area contributed by atoms with Crippen LogP contribution in [0.5, 0.6) is 0 Å². The maximum Gasteiger partial charge on any atom is 0.243 e. The Hall–Kier alpha value is -3.26. The van der Waals surface area contributed by atoms with E-state index in [0.29, 0.717) is 6.54 Å². The second-order valence-corrected chi connectivity index (χ2v) is 10.1. The number of nitrogens with one attached hydrogen (secondary N) is 1. The molecule has 3 rings (SSSR count). The molecule has 3 aromatic rings. The average molecular weight is 495 g/mol. The van der Waals surface area contributed by atoms with Crippen LogP contribution < -0.4 is 5.32 Å². The molecule has 0 aliphatic heterocycles. The van der Waals surface area contributed by atoms with Crippen LogP contribution in [0.4, 0.5) is 0 Å². The molecule has 0 fully saturated rings. The van der Waals surface area contributed by atoms with E-state index < -0.39 is 10.1 Å². The molecule has 0 heterocycles. The van der Waals surface area contributed by atoms with Gasteiger partial charge >= 0.3 is 0 Å². The fourth-order valence-electron chi connectivity index (χ4n) is 3.71. The third-order valence-corrected chi connectivity index (χ3v) is 6.33. The topological polar surface area (TPSA) is 86.3 Å². The molecular weight excluding hydrogens is 460 g/mol. The molecule has 3 aromatic carbocycles. The highest BCUT2D eigenvalue weighted by Gasteiger charge is 2.22. The third-order valence-electron chi connectivity index (χ3n) is 5.48. The molecule has 0 bridgehead atoms. The van der Waals surface area contributed by atoms with E-state index in [-0.39, 0.29) is 10.8 Å². The van der Waals surface area contributed by atoms with Gasteiger partial charge in [0.2, 0.25) is 5.91 Å². The lowest BCUT2D eigenvalue weighted by molar-refractivity contribution is -0.935. The summed E-state index contributed by atoms with van der Waals surface area (Å²) in [5.41, 5.74) is 3.61. The Morgan fingerprint density at radius 2 is 1.40 bits per heavy atom. The number of hydrogen-bond donors (Lipinski definition) is 1. The molecule has 0 radical (unpaired) electrons. The lowest BCUT2D eigenvalue weighted by Crippen LogP contribution is -2.44.